The quantitative estimate of drug-likeness (QED) is 0.369. The second-order valence-corrected chi connectivity index (χ2v) is 9.35. The van der Waals surface area contributed by atoms with Gasteiger partial charge in [0.05, 0.1) is 17.6 Å². The summed E-state index contributed by atoms with van der Waals surface area (Å²) in [6, 6.07) is 23.1. The van der Waals surface area contributed by atoms with Crippen LogP contribution in [0.4, 0.5) is 5.69 Å². The number of aromatic nitrogens is 2. The Morgan fingerprint density at radius 3 is 2.57 bits per heavy atom. The highest BCUT2D eigenvalue weighted by Crippen LogP contribution is 2.33. The van der Waals surface area contributed by atoms with E-state index < -0.39 is 6.10 Å². The highest BCUT2D eigenvalue weighted by molar-refractivity contribution is 6.30. The van der Waals surface area contributed by atoms with Gasteiger partial charge < -0.3 is 19.3 Å². The van der Waals surface area contributed by atoms with Crippen molar-refractivity contribution in [2.75, 3.05) is 18.1 Å². The smallest absolute Gasteiger partial charge is 0.227 e. The van der Waals surface area contributed by atoms with Crippen LogP contribution in [0.1, 0.15) is 30.7 Å². The van der Waals surface area contributed by atoms with Crippen LogP contribution in [-0.2, 0) is 17.8 Å². The topological polar surface area (TPSA) is 67.6 Å². The molecule has 1 fully saturated rings. The summed E-state index contributed by atoms with van der Waals surface area (Å²) in [4.78, 5) is 19.5. The van der Waals surface area contributed by atoms with E-state index in [4.69, 9.17) is 21.3 Å². The molecule has 0 radical (unpaired) electrons. The Bertz CT molecular complexity index is 1320. The fraction of sp³-hybridized carbons (Fsp3) is 0.286. The van der Waals surface area contributed by atoms with Gasteiger partial charge in [-0.15, -0.1) is 0 Å². The van der Waals surface area contributed by atoms with Gasteiger partial charge in [0.15, 0.2) is 0 Å². The van der Waals surface area contributed by atoms with Crippen molar-refractivity contribution < 1.29 is 14.6 Å². The molecule has 1 N–H and O–H groups in total. The minimum Gasteiger partial charge on any atom is -0.491 e. The molecule has 1 saturated heterocycles. The average Bonchev–Trinajstić information content (AvgIpc) is 3.44. The third-order valence-electron chi connectivity index (χ3n) is 6.48. The monoisotopic (exact) mass is 489 g/mol. The van der Waals surface area contributed by atoms with Crippen LogP contribution in [0.15, 0.2) is 72.8 Å². The van der Waals surface area contributed by atoms with E-state index in [0.29, 0.717) is 24.5 Å². The van der Waals surface area contributed by atoms with Gasteiger partial charge in [0.25, 0.3) is 0 Å². The summed E-state index contributed by atoms with van der Waals surface area (Å²) < 4.78 is 7.87. The number of rotatable bonds is 8. The van der Waals surface area contributed by atoms with Gasteiger partial charge in [0.1, 0.15) is 24.3 Å². The maximum atomic E-state index is 12.9. The van der Waals surface area contributed by atoms with Gasteiger partial charge in [-0.2, -0.15) is 0 Å². The van der Waals surface area contributed by atoms with E-state index >= 15 is 0 Å². The van der Waals surface area contributed by atoms with Crippen LogP contribution >= 0.6 is 11.6 Å². The molecule has 6 nitrogen and oxygen atoms in total. The number of halogens is 1. The van der Waals surface area contributed by atoms with Crippen LogP contribution in [-0.4, -0.2) is 39.8 Å². The Balaban J connectivity index is 1.35. The first-order valence-electron chi connectivity index (χ1n) is 11.9. The molecule has 2 heterocycles. The van der Waals surface area contributed by atoms with Crippen LogP contribution in [0.3, 0.4) is 0 Å². The van der Waals surface area contributed by atoms with Crippen molar-refractivity contribution in [2.45, 2.75) is 38.3 Å². The minimum atomic E-state index is -0.735. The maximum absolute atomic E-state index is 12.9. The molecule has 3 aromatic carbocycles. The number of hydrogen-bond acceptors (Lipinski definition) is 4. The molecular formula is C28H28ClN3O3. The summed E-state index contributed by atoms with van der Waals surface area (Å²) in [6.07, 6.45) is 0.600. The van der Waals surface area contributed by atoms with Gasteiger partial charge in [-0.1, -0.05) is 42.8 Å². The van der Waals surface area contributed by atoms with Crippen LogP contribution < -0.4 is 9.64 Å². The Labute approximate surface area is 209 Å². The number of hydrogen-bond donors (Lipinski definition) is 1. The molecule has 5 rings (SSSR count). The van der Waals surface area contributed by atoms with Crippen LogP contribution in [0.25, 0.3) is 11.0 Å². The molecule has 0 bridgehead atoms. The van der Waals surface area contributed by atoms with E-state index in [2.05, 4.69) is 6.92 Å². The van der Waals surface area contributed by atoms with Crippen LogP contribution in [0, 0.1) is 0 Å². The third kappa shape index (κ3) is 5.04. The lowest BCUT2D eigenvalue weighted by atomic mass is 10.1. The molecule has 1 aromatic heterocycles. The molecule has 35 heavy (non-hydrogen) atoms. The molecule has 0 spiro atoms. The number of aliphatic hydroxyl groups excluding tert-OH is 1. The highest BCUT2D eigenvalue weighted by atomic mass is 35.5. The number of amides is 1. The lowest BCUT2D eigenvalue weighted by molar-refractivity contribution is -0.117. The molecule has 7 heteroatoms. The Morgan fingerprint density at radius 1 is 1.09 bits per heavy atom. The molecule has 180 valence electrons. The van der Waals surface area contributed by atoms with E-state index in [1.54, 1.807) is 17.0 Å². The number of imidazole rings is 1. The lowest BCUT2D eigenvalue weighted by Gasteiger charge is -2.19. The van der Waals surface area contributed by atoms with E-state index in [1.165, 1.54) is 5.56 Å². The van der Waals surface area contributed by atoms with Crippen molar-refractivity contribution >= 4 is 34.2 Å². The molecule has 2 unspecified atom stereocenters. The summed E-state index contributed by atoms with van der Waals surface area (Å²) in [6.45, 7) is 3.13. The fourth-order valence-electron chi connectivity index (χ4n) is 4.63. The number of carbonyl (C=O) groups is 1. The van der Waals surface area contributed by atoms with Gasteiger partial charge in [0.2, 0.25) is 5.91 Å². The van der Waals surface area contributed by atoms with Crippen molar-refractivity contribution in [1.82, 2.24) is 9.55 Å². The molecule has 1 amide bonds. The van der Waals surface area contributed by atoms with Gasteiger partial charge in [0, 0.05) is 29.6 Å². The first kappa shape index (κ1) is 23.4. The van der Waals surface area contributed by atoms with Gasteiger partial charge in [-0.25, -0.2) is 4.98 Å². The zero-order valence-electron chi connectivity index (χ0n) is 19.6. The van der Waals surface area contributed by atoms with Crippen molar-refractivity contribution in [3.63, 3.8) is 0 Å². The summed E-state index contributed by atoms with van der Waals surface area (Å²) in [5, 5.41) is 11.5. The Kier molecular flexibility index (Phi) is 6.75. The molecule has 1 aliphatic heterocycles. The van der Waals surface area contributed by atoms with Crippen LogP contribution in [0.5, 0.6) is 5.75 Å². The summed E-state index contributed by atoms with van der Waals surface area (Å²) in [5.41, 5.74) is 3.85. The number of nitrogens with zero attached hydrogens (tertiary/aromatic N) is 3. The zero-order chi connectivity index (χ0) is 24.4. The number of benzene rings is 3. The van der Waals surface area contributed by atoms with Crippen molar-refractivity contribution in [2.24, 2.45) is 0 Å². The van der Waals surface area contributed by atoms with E-state index in [-0.39, 0.29) is 18.4 Å². The molecule has 4 aromatic rings. The number of para-hydroxylation sites is 2. The fourth-order valence-corrected chi connectivity index (χ4v) is 4.75. The number of aliphatic hydroxyl groups is 1. The SMILES string of the molecule is CCc1ccc(OCC(O)Cn2c(C3CC(=O)N(c4ccc(Cl)cc4)C3)nc3ccccc32)cc1. The van der Waals surface area contributed by atoms with Gasteiger partial charge in [-0.3, -0.25) is 4.79 Å². The molecule has 0 saturated carbocycles. The van der Waals surface area contributed by atoms with Crippen molar-refractivity contribution in [3.8, 4) is 5.75 Å². The predicted octanol–water partition coefficient (Wildman–Crippen LogP) is 5.21. The van der Waals surface area contributed by atoms with E-state index in [1.807, 2.05) is 65.2 Å². The van der Waals surface area contributed by atoms with Crippen molar-refractivity contribution in [1.29, 1.82) is 0 Å². The van der Waals surface area contributed by atoms with Gasteiger partial charge >= 0.3 is 0 Å². The third-order valence-corrected chi connectivity index (χ3v) is 6.73. The van der Waals surface area contributed by atoms with E-state index in [0.717, 1.165) is 34.7 Å². The summed E-state index contributed by atoms with van der Waals surface area (Å²) in [5.74, 6) is 1.51. The predicted molar refractivity (Wildman–Crippen MR) is 138 cm³/mol. The second-order valence-electron chi connectivity index (χ2n) is 8.91. The standard InChI is InChI=1S/C28H28ClN3O3/c1-2-19-7-13-24(14-8-19)35-18-23(33)17-32-26-6-4-3-5-25(26)30-28(32)20-15-27(34)31(16-20)22-11-9-21(29)10-12-22/h3-14,20,23,33H,2,15-18H2,1H3. The van der Waals surface area contributed by atoms with Crippen molar-refractivity contribution in [3.05, 3.63) is 89.2 Å². The van der Waals surface area contributed by atoms with Crippen LogP contribution in [0.2, 0.25) is 5.02 Å². The normalized spacial score (nSPS) is 16.7. The molecule has 2 atom stereocenters. The summed E-state index contributed by atoms with van der Waals surface area (Å²) in [7, 11) is 0. The maximum Gasteiger partial charge on any atom is 0.227 e. The molecule has 0 aliphatic carbocycles. The second kappa shape index (κ2) is 10.1. The number of anilines is 1. The van der Waals surface area contributed by atoms with E-state index in [9.17, 15) is 9.90 Å². The molecule has 1 aliphatic rings. The highest BCUT2D eigenvalue weighted by Gasteiger charge is 2.35. The largest absolute Gasteiger partial charge is 0.491 e. The lowest BCUT2D eigenvalue weighted by Crippen LogP contribution is -2.26. The Morgan fingerprint density at radius 2 is 1.83 bits per heavy atom. The number of carbonyl (C=O) groups excluding carboxylic acids is 1. The minimum absolute atomic E-state index is 0.0512. The Hall–Kier alpha value is -3.35. The summed E-state index contributed by atoms with van der Waals surface area (Å²) >= 11 is 6.02. The zero-order valence-corrected chi connectivity index (χ0v) is 20.4. The number of ether oxygens (including phenoxy) is 1. The molecular weight excluding hydrogens is 462 g/mol. The first-order valence-corrected chi connectivity index (χ1v) is 12.3. The number of aryl methyl sites for hydroxylation is 1. The number of fused-ring (bicyclic) bond motifs is 1. The first-order chi connectivity index (χ1) is 17.0. The average molecular weight is 490 g/mol. The van der Waals surface area contributed by atoms with Gasteiger partial charge in [-0.05, 0) is 60.5 Å².